The molecule has 1 amide bonds. The highest BCUT2D eigenvalue weighted by atomic mass is 16.2. The summed E-state index contributed by atoms with van der Waals surface area (Å²) in [5, 5.41) is 0. The van der Waals surface area contributed by atoms with E-state index in [2.05, 4.69) is 4.90 Å². The van der Waals surface area contributed by atoms with Gasteiger partial charge in [0.15, 0.2) is 0 Å². The van der Waals surface area contributed by atoms with Crippen LogP contribution in [0.25, 0.3) is 0 Å². The van der Waals surface area contributed by atoms with E-state index in [0.717, 1.165) is 12.8 Å². The summed E-state index contributed by atoms with van der Waals surface area (Å²) >= 11 is 0. The molecular formula is C18H34N2O. The van der Waals surface area contributed by atoms with Crippen molar-refractivity contribution in [3.05, 3.63) is 0 Å². The van der Waals surface area contributed by atoms with Crippen molar-refractivity contribution < 1.29 is 4.79 Å². The molecule has 0 spiro atoms. The number of carbonyl (C=O) groups is 1. The maximum Gasteiger partial charge on any atom is 0.223 e. The fourth-order valence-corrected chi connectivity index (χ4v) is 4.13. The molecule has 0 aromatic carbocycles. The Balaban J connectivity index is 1.94. The Labute approximate surface area is 130 Å². The molecule has 2 aliphatic carbocycles. The normalized spacial score (nSPS) is 23.0. The van der Waals surface area contributed by atoms with Gasteiger partial charge in [-0.25, -0.2) is 0 Å². The third kappa shape index (κ3) is 5.28. The third-order valence-corrected chi connectivity index (χ3v) is 5.27. The topological polar surface area (TPSA) is 46.3 Å². The molecule has 0 aliphatic heterocycles. The number of carbonyl (C=O) groups excluding carboxylic acids is 1. The van der Waals surface area contributed by atoms with Crippen LogP contribution in [0.15, 0.2) is 0 Å². The van der Waals surface area contributed by atoms with Gasteiger partial charge in [-0.3, -0.25) is 4.79 Å². The van der Waals surface area contributed by atoms with E-state index in [1.54, 1.807) is 0 Å². The molecular weight excluding hydrogens is 260 g/mol. The highest BCUT2D eigenvalue weighted by molar-refractivity contribution is 5.77. The monoisotopic (exact) mass is 294 g/mol. The average Bonchev–Trinajstić information content (AvgIpc) is 2.49. The zero-order valence-electron chi connectivity index (χ0n) is 13.9. The fourth-order valence-electron chi connectivity index (χ4n) is 4.13. The Morgan fingerprint density at radius 2 is 1.48 bits per heavy atom. The van der Waals surface area contributed by atoms with Gasteiger partial charge in [-0.1, -0.05) is 38.5 Å². The predicted molar refractivity (Wildman–Crippen MR) is 88.1 cm³/mol. The molecule has 2 N–H and O–H groups in total. The summed E-state index contributed by atoms with van der Waals surface area (Å²) < 4.78 is 0. The van der Waals surface area contributed by atoms with E-state index in [1.165, 1.54) is 64.2 Å². The molecule has 0 bridgehead atoms. The van der Waals surface area contributed by atoms with Gasteiger partial charge >= 0.3 is 0 Å². The van der Waals surface area contributed by atoms with Crippen LogP contribution in [-0.4, -0.2) is 28.9 Å². The van der Waals surface area contributed by atoms with Gasteiger partial charge in [0.1, 0.15) is 0 Å². The lowest BCUT2D eigenvalue weighted by Crippen LogP contribution is -2.48. The number of nitrogens with two attached hydrogens (primary N) is 1. The maximum absolute atomic E-state index is 12.8. The van der Waals surface area contributed by atoms with Crippen LogP contribution >= 0.6 is 0 Å². The van der Waals surface area contributed by atoms with Gasteiger partial charge in [0, 0.05) is 24.5 Å². The highest BCUT2D eigenvalue weighted by Crippen LogP contribution is 2.31. The van der Waals surface area contributed by atoms with Gasteiger partial charge in [0.25, 0.3) is 0 Å². The molecule has 0 aromatic heterocycles. The van der Waals surface area contributed by atoms with Crippen molar-refractivity contribution in [2.45, 2.75) is 109 Å². The van der Waals surface area contributed by atoms with Crippen LogP contribution in [0.3, 0.4) is 0 Å². The molecule has 1 unspecified atom stereocenters. The summed E-state index contributed by atoms with van der Waals surface area (Å²) in [4.78, 5) is 15.1. The SMILES string of the molecule is CC(N)CCCC(=O)N(C1CCCCC1)C1CCCCC1. The zero-order valence-corrected chi connectivity index (χ0v) is 13.9. The average molecular weight is 294 g/mol. The van der Waals surface area contributed by atoms with Crippen molar-refractivity contribution in [1.29, 1.82) is 0 Å². The number of hydrogen-bond donors (Lipinski definition) is 1. The zero-order chi connectivity index (χ0) is 15.1. The van der Waals surface area contributed by atoms with Crippen molar-refractivity contribution in [2.75, 3.05) is 0 Å². The van der Waals surface area contributed by atoms with Crippen LogP contribution in [0.1, 0.15) is 90.4 Å². The van der Waals surface area contributed by atoms with E-state index in [4.69, 9.17) is 5.73 Å². The van der Waals surface area contributed by atoms with E-state index >= 15 is 0 Å². The standard InChI is InChI=1S/C18H34N2O/c1-15(19)9-8-14-18(21)20(16-10-4-2-5-11-16)17-12-6-3-7-13-17/h15-17H,2-14,19H2,1H3. The van der Waals surface area contributed by atoms with Crippen molar-refractivity contribution in [1.82, 2.24) is 4.90 Å². The van der Waals surface area contributed by atoms with Crippen molar-refractivity contribution >= 4 is 5.91 Å². The quantitative estimate of drug-likeness (QED) is 0.805. The fraction of sp³-hybridized carbons (Fsp3) is 0.944. The first-order valence-corrected chi connectivity index (χ1v) is 9.25. The predicted octanol–water partition coefficient (Wildman–Crippen LogP) is 4.00. The number of nitrogens with zero attached hydrogens (tertiary/aromatic N) is 1. The molecule has 2 fully saturated rings. The van der Waals surface area contributed by atoms with Crippen LogP contribution in [0.4, 0.5) is 0 Å². The lowest BCUT2D eigenvalue weighted by atomic mass is 9.88. The molecule has 3 nitrogen and oxygen atoms in total. The van der Waals surface area contributed by atoms with Gasteiger partial charge in [-0.05, 0) is 45.4 Å². The van der Waals surface area contributed by atoms with Crippen molar-refractivity contribution in [3.8, 4) is 0 Å². The molecule has 0 heterocycles. The van der Waals surface area contributed by atoms with Crippen molar-refractivity contribution in [3.63, 3.8) is 0 Å². The Kier molecular flexibility index (Phi) is 7.01. The lowest BCUT2D eigenvalue weighted by Gasteiger charge is -2.42. The second-order valence-electron chi connectivity index (χ2n) is 7.25. The Bertz CT molecular complexity index is 286. The van der Waals surface area contributed by atoms with Gasteiger partial charge in [0.2, 0.25) is 5.91 Å². The summed E-state index contributed by atoms with van der Waals surface area (Å²) in [5.41, 5.74) is 5.82. The molecule has 0 aromatic rings. The molecule has 122 valence electrons. The Hall–Kier alpha value is -0.570. The maximum atomic E-state index is 12.8. The Morgan fingerprint density at radius 1 is 1.00 bits per heavy atom. The van der Waals surface area contributed by atoms with E-state index in [0.29, 0.717) is 24.4 Å². The minimum absolute atomic E-state index is 0.218. The summed E-state index contributed by atoms with van der Waals surface area (Å²) in [5.74, 6) is 0.412. The van der Waals surface area contributed by atoms with Crippen LogP contribution in [0.2, 0.25) is 0 Å². The van der Waals surface area contributed by atoms with E-state index in [1.807, 2.05) is 6.92 Å². The minimum Gasteiger partial charge on any atom is -0.337 e. The number of amides is 1. The molecule has 21 heavy (non-hydrogen) atoms. The summed E-state index contributed by atoms with van der Waals surface area (Å²) in [6.45, 7) is 2.03. The van der Waals surface area contributed by atoms with Crippen LogP contribution in [0, 0.1) is 0 Å². The molecule has 2 rings (SSSR count). The molecule has 0 saturated heterocycles. The molecule has 1 atom stereocenters. The number of rotatable bonds is 6. The van der Waals surface area contributed by atoms with Crippen LogP contribution < -0.4 is 5.73 Å². The van der Waals surface area contributed by atoms with Crippen molar-refractivity contribution in [2.24, 2.45) is 5.73 Å². The van der Waals surface area contributed by atoms with E-state index < -0.39 is 0 Å². The number of hydrogen-bond acceptors (Lipinski definition) is 2. The summed E-state index contributed by atoms with van der Waals surface area (Å²) in [6.07, 6.45) is 15.5. The van der Waals surface area contributed by atoms with E-state index in [9.17, 15) is 4.79 Å². The second kappa shape index (κ2) is 8.77. The summed E-state index contributed by atoms with van der Waals surface area (Å²) in [6, 6.07) is 1.28. The van der Waals surface area contributed by atoms with Crippen LogP contribution in [-0.2, 0) is 4.79 Å². The molecule has 2 aliphatic rings. The minimum atomic E-state index is 0.218. The van der Waals surface area contributed by atoms with Gasteiger partial charge in [-0.15, -0.1) is 0 Å². The van der Waals surface area contributed by atoms with Crippen LogP contribution in [0.5, 0.6) is 0 Å². The molecule has 3 heteroatoms. The third-order valence-electron chi connectivity index (χ3n) is 5.27. The first kappa shape index (κ1) is 16.8. The molecule has 2 saturated carbocycles. The lowest BCUT2D eigenvalue weighted by molar-refractivity contribution is -0.138. The van der Waals surface area contributed by atoms with E-state index in [-0.39, 0.29) is 6.04 Å². The molecule has 0 radical (unpaired) electrons. The second-order valence-corrected chi connectivity index (χ2v) is 7.25. The largest absolute Gasteiger partial charge is 0.337 e. The highest BCUT2D eigenvalue weighted by Gasteiger charge is 2.31. The first-order chi connectivity index (χ1) is 10.2. The Morgan fingerprint density at radius 3 is 1.90 bits per heavy atom. The first-order valence-electron chi connectivity index (χ1n) is 9.25. The summed E-state index contributed by atoms with van der Waals surface area (Å²) in [7, 11) is 0. The van der Waals surface area contributed by atoms with Gasteiger partial charge in [0.05, 0.1) is 0 Å². The van der Waals surface area contributed by atoms with Gasteiger partial charge < -0.3 is 10.6 Å². The van der Waals surface area contributed by atoms with Gasteiger partial charge in [-0.2, -0.15) is 0 Å². The smallest absolute Gasteiger partial charge is 0.223 e.